The number of alkyl halides is 3. The molecule has 1 unspecified atom stereocenters. The molecule has 0 radical (unpaired) electrons. The van der Waals surface area contributed by atoms with Gasteiger partial charge >= 0.3 is 12.1 Å². The van der Waals surface area contributed by atoms with E-state index in [1.165, 1.54) is 0 Å². The molecular weight excluding hydrogens is 235 g/mol. The van der Waals surface area contributed by atoms with Gasteiger partial charge < -0.3 is 10.1 Å². The third-order valence-corrected chi connectivity index (χ3v) is 2.47. The zero-order valence-corrected chi connectivity index (χ0v) is 8.75. The van der Waals surface area contributed by atoms with E-state index >= 15 is 0 Å². The zero-order valence-electron chi connectivity index (χ0n) is 8.75. The SMILES string of the molecule is O=C(NC1COc2ccccc2C1)C(F)(F)F. The molecule has 0 aliphatic carbocycles. The Balaban J connectivity index is 2.01. The van der Waals surface area contributed by atoms with E-state index in [0.29, 0.717) is 12.2 Å². The Hall–Kier alpha value is -1.72. The first kappa shape index (κ1) is 11.8. The second-order valence-electron chi connectivity index (χ2n) is 3.79. The molecule has 17 heavy (non-hydrogen) atoms. The molecule has 92 valence electrons. The highest BCUT2D eigenvalue weighted by Gasteiger charge is 2.40. The highest BCUT2D eigenvalue weighted by atomic mass is 19.4. The minimum Gasteiger partial charge on any atom is -0.491 e. The molecule has 2 rings (SSSR count). The van der Waals surface area contributed by atoms with Crippen molar-refractivity contribution >= 4 is 5.91 Å². The van der Waals surface area contributed by atoms with Gasteiger partial charge in [-0.1, -0.05) is 18.2 Å². The summed E-state index contributed by atoms with van der Waals surface area (Å²) in [5.41, 5.74) is 0.797. The van der Waals surface area contributed by atoms with Crippen LogP contribution < -0.4 is 10.1 Å². The lowest BCUT2D eigenvalue weighted by Gasteiger charge is -2.26. The van der Waals surface area contributed by atoms with Crippen LogP contribution in [-0.2, 0) is 11.2 Å². The highest BCUT2D eigenvalue weighted by molar-refractivity contribution is 5.82. The van der Waals surface area contributed by atoms with E-state index < -0.39 is 18.1 Å². The van der Waals surface area contributed by atoms with Gasteiger partial charge in [0.25, 0.3) is 0 Å². The third kappa shape index (κ3) is 2.69. The van der Waals surface area contributed by atoms with Crippen LogP contribution in [0.5, 0.6) is 5.75 Å². The van der Waals surface area contributed by atoms with Crippen molar-refractivity contribution in [3.63, 3.8) is 0 Å². The molecule has 6 heteroatoms. The fourth-order valence-electron chi connectivity index (χ4n) is 1.69. The van der Waals surface area contributed by atoms with Crippen LogP contribution in [0, 0.1) is 0 Å². The number of hydrogen-bond donors (Lipinski definition) is 1. The number of para-hydroxylation sites is 1. The van der Waals surface area contributed by atoms with Gasteiger partial charge in [0.15, 0.2) is 0 Å². The largest absolute Gasteiger partial charge is 0.491 e. The fourth-order valence-corrected chi connectivity index (χ4v) is 1.69. The summed E-state index contributed by atoms with van der Waals surface area (Å²) in [6, 6.07) is 6.43. The van der Waals surface area contributed by atoms with Gasteiger partial charge in [-0.05, 0) is 18.1 Å². The third-order valence-electron chi connectivity index (χ3n) is 2.47. The van der Waals surface area contributed by atoms with Crippen LogP contribution in [0.3, 0.4) is 0 Å². The zero-order chi connectivity index (χ0) is 12.5. The summed E-state index contributed by atoms with van der Waals surface area (Å²) >= 11 is 0. The Labute approximate surface area is 95.6 Å². The summed E-state index contributed by atoms with van der Waals surface area (Å²) < 4.78 is 41.4. The van der Waals surface area contributed by atoms with Gasteiger partial charge in [0.2, 0.25) is 0 Å². The van der Waals surface area contributed by atoms with Crippen LogP contribution in [0.4, 0.5) is 13.2 Å². The minimum atomic E-state index is -4.85. The summed E-state index contributed by atoms with van der Waals surface area (Å²) in [5, 5.41) is 1.91. The molecule has 1 heterocycles. The summed E-state index contributed by atoms with van der Waals surface area (Å²) in [5.74, 6) is -1.27. The smallest absolute Gasteiger partial charge is 0.471 e. The molecule has 3 nitrogen and oxygen atoms in total. The maximum atomic E-state index is 12.0. The Morgan fingerprint density at radius 3 is 2.76 bits per heavy atom. The molecule has 0 saturated carbocycles. The molecule has 1 aliphatic rings. The van der Waals surface area contributed by atoms with E-state index in [9.17, 15) is 18.0 Å². The number of rotatable bonds is 1. The van der Waals surface area contributed by atoms with Crippen LogP contribution in [0.25, 0.3) is 0 Å². The Kier molecular flexibility index (Phi) is 2.95. The molecule has 1 amide bonds. The molecule has 1 aromatic rings. The Bertz CT molecular complexity index is 431. The lowest BCUT2D eigenvalue weighted by atomic mass is 10.0. The molecule has 1 N–H and O–H groups in total. The number of amides is 1. The van der Waals surface area contributed by atoms with Crippen molar-refractivity contribution in [1.82, 2.24) is 5.32 Å². The number of fused-ring (bicyclic) bond motifs is 1. The average molecular weight is 245 g/mol. The number of ether oxygens (including phenoxy) is 1. The number of carbonyl (C=O) groups excluding carboxylic acids is 1. The van der Waals surface area contributed by atoms with E-state index in [1.54, 1.807) is 24.3 Å². The van der Waals surface area contributed by atoms with Gasteiger partial charge in [0.05, 0.1) is 6.04 Å². The second kappa shape index (κ2) is 4.27. The molecule has 0 aromatic heterocycles. The molecule has 1 aromatic carbocycles. The number of nitrogens with one attached hydrogen (secondary N) is 1. The molecule has 0 spiro atoms. The molecular formula is C11H10F3NO2. The quantitative estimate of drug-likeness (QED) is 0.817. The van der Waals surface area contributed by atoms with Crippen molar-refractivity contribution in [3.05, 3.63) is 29.8 Å². The summed E-state index contributed by atoms with van der Waals surface area (Å²) in [6.07, 6.45) is -4.51. The molecule has 1 aliphatic heterocycles. The van der Waals surface area contributed by atoms with Crippen molar-refractivity contribution in [2.45, 2.75) is 18.6 Å². The van der Waals surface area contributed by atoms with Crippen molar-refractivity contribution in [1.29, 1.82) is 0 Å². The van der Waals surface area contributed by atoms with E-state index in [1.807, 2.05) is 5.32 Å². The second-order valence-corrected chi connectivity index (χ2v) is 3.79. The van der Waals surface area contributed by atoms with Gasteiger partial charge in [-0.2, -0.15) is 13.2 Å². The van der Waals surface area contributed by atoms with E-state index in [0.717, 1.165) is 5.56 Å². The molecule has 0 fully saturated rings. The van der Waals surface area contributed by atoms with Crippen LogP contribution in [0.15, 0.2) is 24.3 Å². The number of benzene rings is 1. The van der Waals surface area contributed by atoms with Gasteiger partial charge in [-0.25, -0.2) is 0 Å². The normalized spacial score (nSPS) is 19.1. The van der Waals surface area contributed by atoms with Crippen molar-refractivity contribution in [3.8, 4) is 5.75 Å². The Morgan fingerprint density at radius 2 is 2.06 bits per heavy atom. The number of carbonyl (C=O) groups is 1. The van der Waals surface area contributed by atoms with Gasteiger partial charge in [0.1, 0.15) is 12.4 Å². The van der Waals surface area contributed by atoms with E-state index in [-0.39, 0.29) is 6.61 Å². The Morgan fingerprint density at radius 1 is 1.35 bits per heavy atom. The highest BCUT2D eigenvalue weighted by Crippen LogP contribution is 2.24. The first-order valence-electron chi connectivity index (χ1n) is 5.05. The summed E-state index contributed by atoms with van der Waals surface area (Å²) in [4.78, 5) is 10.8. The maximum absolute atomic E-state index is 12.0. The first-order chi connectivity index (χ1) is 7.97. The van der Waals surface area contributed by atoms with E-state index in [4.69, 9.17) is 4.74 Å². The predicted octanol–water partition coefficient (Wildman–Crippen LogP) is 1.67. The van der Waals surface area contributed by atoms with Crippen LogP contribution >= 0.6 is 0 Å². The van der Waals surface area contributed by atoms with Crippen LogP contribution in [-0.4, -0.2) is 24.7 Å². The standard InChI is InChI=1S/C11H10F3NO2/c12-11(13,14)10(16)15-8-5-7-3-1-2-4-9(7)17-6-8/h1-4,8H,5-6H2,(H,15,16). The van der Waals surface area contributed by atoms with Gasteiger partial charge in [-0.15, -0.1) is 0 Å². The van der Waals surface area contributed by atoms with Gasteiger partial charge in [-0.3, -0.25) is 4.79 Å². The van der Waals surface area contributed by atoms with Crippen molar-refractivity contribution < 1.29 is 22.7 Å². The van der Waals surface area contributed by atoms with Crippen LogP contribution in [0.2, 0.25) is 0 Å². The molecule has 1 atom stereocenters. The fraction of sp³-hybridized carbons (Fsp3) is 0.364. The van der Waals surface area contributed by atoms with Gasteiger partial charge in [0, 0.05) is 0 Å². The van der Waals surface area contributed by atoms with Crippen molar-refractivity contribution in [2.75, 3.05) is 6.61 Å². The monoisotopic (exact) mass is 245 g/mol. The van der Waals surface area contributed by atoms with E-state index in [2.05, 4.69) is 0 Å². The minimum absolute atomic E-state index is 0.0544. The lowest BCUT2D eigenvalue weighted by Crippen LogP contribution is -2.47. The summed E-state index contributed by atoms with van der Waals surface area (Å²) in [6.45, 7) is 0.0544. The topological polar surface area (TPSA) is 38.3 Å². The average Bonchev–Trinajstić information content (AvgIpc) is 2.27. The van der Waals surface area contributed by atoms with Crippen molar-refractivity contribution in [2.24, 2.45) is 0 Å². The maximum Gasteiger partial charge on any atom is 0.471 e. The predicted molar refractivity (Wildman–Crippen MR) is 53.6 cm³/mol. The number of hydrogen-bond acceptors (Lipinski definition) is 2. The summed E-state index contributed by atoms with van der Waals surface area (Å²) in [7, 11) is 0. The number of halogens is 3. The molecule has 0 saturated heterocycles. The van der Waals surface area contributed by atoms with Crippen LogP contribution in [0.1, 0.15) is 5.56 Å². The lowest BCUT2D eigenvalue weighted by molar-refractivity contribution is -0.174. The molecule has 0 bridgehead atoms. The first-order valence-corrected chi connectivity index (χ1v) is 5.05.